The smallest absolute Gasteiger partial charge is 0.258 e. The monoisotopic (exact) mass is 365 g/mol. The van der Waals surface area contributed by atoms with Crippen LogP contribution in [0.4, 0.5) is 4.39 Å². The Kier molecular flexibility index (Phi) is 7.32. The van der Waals surface area contributed by atoms with Crippen molar-refractivity contribution in [2.24, 2.45) is 0 Å². The molecule has 0 aromatic heterocycles. The van der Waals surface area contributed by atoms with Crippen molar-refractivity contribution in [3.8, 4) is 5.75 Å². The van der Waals surface area contributed by atoms with Gasteiger partial charge in [-0.05, 0) is 31.4 Å². The lowest BCUT2D eigenvalue weighted by atomic mass is 10.2. The summed E-state index contributed by atoms with van der Waals surface area (Å²) in [6.45, 7) is 1.51. The summed E-state index contributed by atoms with van der Waals surface area (Å²) >= 11 is 4.61. The number of benzene rings is 1. The molecule has 1 rings (SSSR count). The van der Waals surface area contributed by atoms with Crippen LogP contribution in [-0.4, -0.2) is 41.8 Å². The standard InChI is InChI=1S/C13H17BrFNO3S/c1-8(12(6-17)20-2)16-13(18)7-19-11-4-3-9(14)5-10(11)15/h3-5,8,12,17H,6-7H2,1-2H3,(H,16,18). The molecule has 0 fully saturated rings. The third kappa shape index (κ3) is 5.30. The summed E-state index contributed by atoms with van der Waals surface area (Å²) in [6, 6.07) is 4.16. The number of hydrogen-bond acceptors (Lipinski definition) is 4. The first-order valence-corrected chi connectivity index (χ1v) is 8.07. The van der Waals surface area contributed by atoms with Gasteiger partial charge in [0.1, 0.15) is 0 Å². The van der Waals surface area contributed by atoms with Crippen LogP contribution in [0.5, 0.6) is 5.75 Å². The molecule has 0 aliphatic heterocycles. The summed E-state index contributed by atoms with van der Waals surface area (Å²) in [5, 5.41) is 11.7. The molecule has 0 aliphatic carbocycles. The van der Waals surface area contributed by atoms with E-state index in [1.54, 1.807) is 13.0 Å². The van der Waals surface area contributed by atoms with Gasteiger partial charge in [-0.25, -0.2) is 4.39 Å². The molecule has 112 valence electrons. The number of nitrogens with one attached hydrogen (secondary N) is 1. The van der Waals surface area contributed by atoms with Crippen LogP contribution in [0, 0.1) is 5.82 Å². The first kappa shape index (κ1) is 17.3. The van der Waals surface area contributed by atoms with Gasteiger partial charge in [0.2, 0.25) is 0 Å². The van der Waals surface area contributed by atoms with Crippen LogP contribution in [-0.2, 0) is 4.79 Å². The summed E-state index contributed by atoms with van der Waals surface area (Å²) in [5.41, 5.74) is 0. The van der Waals surface area contributed by atoms with Crippen molar-refractivity contribution in [2.45, 2.75) is 18.2 Å². The molecular formula is C13H17BrFNO3S. The van der Waals surface area contributed by atoms with Gasteiger partial charge >= 0.3 is 0 Å². The Bertz CT molecular complexity index is 457. The molecule has 0 aliphatic rings. The Hall–Kier alpha value is -0.790. The molecule has 2 atom stereocenters. The maximum Gasteiger partial charge on any atom is 0.258 e. The molecule has 1 aromatic carbocycles. The molecule has 0 saturated carbocycles. The second-order valence-electron chi connectivity index (χ2n) is 4.18. The zero-order valence-corrected chi connectivity index (χ0v) is 13.6. The van der Waals surface area contributed by atoms with Gasteiger partial charge in [0, 0.05) is 15.8 Å². The van der Waals surface area contributed by atoms with E-state index in [4.69, 9.17) is 9.84 Å². The predicted molar refractivity (Wildman–Crippen MR) is 81.6 cm³/mol. The second kappa shape index (κ2) is 8.49. The second-order valence-corrected chi connectivity index (χ2v) is 6.17. The summed E-state index contributed by atoms with van der Waals surface area (Å²) in [5.74, 6) is -0.857. The van der Waals surface area contributed by atoms with E-state index in [-0.39, 0.29) is 36.2 Å². The van der Waals surface area contributed by atoms with E-state index in [1.807, 2.05) is 6.26 Å². The Balaban J connectivity index is 2.47. The average Bonchev–Trinajstić information content (AvgIpc) is 2.39. The average molecular weight is 366 g/mol. The van der Waals surface area contributed by atoms with Crippen LogP contribution in [0.2, 0.25) is 0 Å². The zero-order valence-electron chi connectivity index (χ0n) is 11.2. The summed E-state index contributed by atoms with van der Waals surface area (Å²) in [7, 11) is 0. The molecule has 0 radical (unpaired) electrons. The Morgan fingerprint density at radius 3 is 2.85 bits per heavy atom. The number of carbonyl (C=O) groups excluding carboxylic acids is 1. The van der Waals surface area contributed by atoms with E-state index >= 15 is 0 Å². The van der Waals surface area contributed by atoms with Gasteiger partial charge in [-0.15, -0.1) is 0 Å². The van der Waals surface area contributed by atoms with Crippen LogP contribution >= 0.6 is 27.7 Å². The van der Waals surface area contributed by atoms with Crippen LogP contribution in [0.15, 0.2) is 22.7 Å². The molecule has 20 heavy (non-hydrogen) atoms. The first-order valence-electron chi connectivity index (χ1n) is 5.98. The minimum absolute atomic E-state index is 0.0230. The minimum Gasteiger partial charge on any atom is -0.481 e. The van der Waals surface area contributed by atoms with E-state index in [1.165, 1.54) is 23.9 Å². The molecular weight excluding hydrogens is 349 g/mol. The van der Waals surface area contributed by atoms with E-state index < -0.39 is 5.82 Å². The first-order chi connectivity index (χ1) is 9.47. The normalized spacial score (nSPS) is 13.7. The highest BCUT2D eigenvalue weighted by Gasteiger charge is 2.17. The van der Waals surface area contributed by atoms with E-state index in [9.17, 15) is 9.18 Å². The van der Waals surface area contributed by atoms with E-state index in [0.717, 1.165) is 0 Å². The maximum atomic E-state index is 13.5. The third-order valence-corrected chi connectivity index (χ3v) is 4.34. The number of halogens is 2. The molecule has 1 aromatic rings. The molecule has 2 N–H and O–H groups in total. The lowest BCUT2D eigenvalue weighted by Gasteiger charge is -2.21. The summed E-state index contributed by atoms with van der Waals surface area (Å²) < 4.78 is 19.2. The Morgan fingerprint density at radius 1 is 1.60 bits per heavy atom. The van der Waals surface area contributed by atoms with Crippen molar-refractivity contribution in [2.75, 3.05) is 19.5 Å². The number of thioether (sulfide) groups is 1. The minimum atomic E-state index is -0.530. The van der Waals surface area contributed by atoms with Gasteiger partial charge in [0.05, 0.1) is 6.61 Å². The van der Waals surface area contributed by atoms with Gasteiger partial charge in [-0.1, -0.05) is 15.9 Å². The van der Waals surface area contributed by atoms with Crippen molar-refractivity contribution < 1.29 is 19.0 Å². The van der Waals surface area contributed by atoms with Gasteiger partial charge < -0.3 is 15.2 Å². The third-order valence-electron chi connectivity index (χ3n) is 2.68. The number of hydrogen-bond donors (Lipinski definition) is 2. The molecule has 0 heterocycles. The largest absolute Gasteiger partial charge is 0.481 e. The Morgan fingerprint density at radius 2 is 2.30 bits per heavy atom. The number of amides is 1. The summed E-state index contributed by atoms with van der Waals surface area (Å²) in [4.78, 5) is 11.7. The highest BCUT2D eigenvalue weighted by atomic mass is 79.9. The highest BCUT2D eigenvalue weighted by Crippen LogP contribution is 2.21. The van der Waals surface area contributed by atoms with Gasteiger partial charge in [-0.2, -0.15) is 11.8 Å². The SMILES string of the molecule is CSC(CO)C(C)NC(=O)COc1ccc(Br)cc1F. The molecule has 0 spiro atoms. The highest BCUT2D eigenvalue weighted by molar-refractivity contribution is 9.10. The van der Waals surface area contributed by atoms with Crippen LogP contribution in [0.25, 0.3) is 0 Å². The molecule has 0 bridgehead atoms. The molecule has 0 saturated heterocycles. The fourth-order valence-corrected chi connectivity index (χ4v) is 2.52. The molecule has 2 unspecified atom stereocenters. The number of aliphatic hydroxyl groups is 1. The lowest BCUT2D eigenvalue weighted by Crippen LogP contribution is -2.43. The molecule has 7 heteroatoms. The zero-order chi connectivity index (χ0) is 15.1. The van der Waals surface area contributed by atoms with Crippen LogP contribution in [0.3, 0.4) is 0 Å². The predicted octanol–water partition coefficient (Wildman–Crippen LogP) is 2.20. The fraction of sp³-hybridized carbons (Fsp3) is 0.462. The number of ether oxygens (including phenoxy) is 1. The van der Waals surface area contributed by atoms with Crippen LogP contribution in [0.1, 0.15) is 6.92 Å². The van der Waals surface area contributed by atoms with Crippen molar-refractivity contribution in [3.05, 3.63) is 28.5 Å². The fourth-order valence-electron chi connectivity index (χ4n) is 1.56. The van der Waals surface area contributed by atoms with Gasteiger partial charge in [0.15, 0.2) is 18.2 Å². The van der Waals surface area contributed by atoms with Crippen molar-refractivity contribution >= 4 is 33.6 Å². The number of carbonyl (C=O) groups is 1. The maximum absolute atomic E-state index is 13.5. The van der Waals surface area contributed by atoms with Crippen LogP contribution < -0.4 is 10.1 Å². The molecule has 4 nitrogen and oxygen atoms in total. The van der Waals surface area contributed by atoms with E-state index in [0.29, 0.717) is 4.47 Å². The molecule has 1 amide bonds. The quantitative estimate of drug-likeness (QED) is 0.777. The van der Waals surface area contributed by atoms with E-state index in [2.05, 4.69) is 21.2 Å². The Labute approximate surface area is 130 Å². The van der Waals surface area contributed by atoms with Gasteiger partial charge in [-0.3, -0.25) is 4.79 Å². The van der Waals surface area contributed by atoms with Crippen molar-refractivity contribution in [3.63, 3.8) is 0 Å². The number of rotatable bonds is 7. The topological polar surface area (TPSA) is 58.6 Å². The van der Waals surface area contributed by atoms with Crippen molar-refractivity contribution in [1.29, 1.82) is 0 Å². The summed E-state index contributed by atoms with van der Waals surface area (Å²) in [6.07, 6.45) is 1.86. The van der Waals surface area contributed by atoms with Crippen molar-refractivity contribution in [1.82, 2.24) is 5.32 Å². The van der Waals surface area contributed by atoms with Gasteiger partial charge in [0.25, 0.3) is 5.91 Å². The lowest BCUT2D eigenvalue weighted by molar-refractivity contribution is -0.123. The number of aliphatic hydroxyl groups excluding tert-OH is 1.